The molecule has 3 N–H and O–H groups in total. The summed E-state index contributed by atoms with van der Waals surface area (Å²) in [5.41, 5.74) is 3.22. The standard InChI is InChI=1S/C26H34O5S/c27-23(28)18-19-32-25(24(29)26(30)31)22-17-11-10-16-21(22)15-9-4-2-1-3-6-12-20-13-7-5-8-14-20/h5,7-8,10-11,13-14,16-17,24-25,29H,1-4,6,9,12,15,18-19H2,(H,27,28)(H,30,31)/t24?,25-/m0/s1. The number of aliphatic carboxylic acids is 2. The molecular weight excluding hydrogens is 424 g/mol. The maximum atomic E-state index is 11.4. The van der Waals surface area contributed by atoms with Gasteiger partial charge in [0.15, 0.2) is 6.10 Å². The summed E-state index contributed by atoms with van der Waals surface area (Å²) in [5.74, 6) is -1.97. The molecule has 0 saturated carbocycles. The molecule has 1 unspecified atom stereocenters. The molecule has 5 nitrogen and oxygen atoms in total. The summed E-state index contributed by atoms with van der Waals surface area (Å²) in [4.78, 5) is 22.3. The molecule has 0 aliphatic rings. The summed E-state index contributed by atoms with van der Waals surface area (Å²) in [6.45, 7) is 0. The average molecular weight is 459 g/mol. The highest BCUT2D eigenvalue weighted by Gasteiger charge is 2.29. The zero-order valence-corrected chi connectivity index (χ0v) is 19.3. The lowest BCUT2D eigenvalue weighted by Crippen LogP contribution is -2.27. The Labute approximate surface area is 194 Å². The van der Waals surface area contributed by atoms with Crippen LogP contribution in [0.1, 0.15) is 66.9 Å². The number of unbranched alkanes of at least 4 members (excludes halogenated alkanes) is 5. The normalized spacial score (nSPS) is 12.9. The van der Waals surface area contributed by atoms with Crippen LogP contribution in [0.3, 0.4) is 0 Å². The zero-order chi connectivity index (χ0) is 23.2. The second-order valence-corrected chi connectivity index (χ2v) is 9.27. The predicted molar refractivity (Wildman–Crippen MR) is 129 cm³/mol. The first-order valence-electron chi connectivity index (χ1n) is 11.3. The average Bonchev–Trinajstić information content (AvgIpc) is 2.79. The van der Waals surface area contributed by atoms with Gasteiger partial charge in [-0.3, -0.25) is 4.79 Å². The van der Waals surface area contributed by atoms with E-state index in [4.69, 9.17) is 5.11 Å². The van der Waals surface area contributed by atoms with Crippen LogP contribution in [0.4, 0.5) is 0 Å². The third-order valence-corrected chi connectivity index (χ3v) is 6.83. The molecule has 2 aromatic rings. The minimum Gasteiger partial charge on any atom is -0.481 e. The Bertz CT molecular complexity index is 824. The van der Waals surface area contributed by atoms with Gasteiger partial charge in [0.1, 0.15) is 0 Å². The number of carboxylic acid groups (broad SMARTS) is 2. The van der Waals surface area contributed by atoms with Gasteiger partial charge in [-0.1, -0.05) is 80.3 Å². The van der Waals surface area contributed by atoms with Crippen molar-refractivity contribution in [3.05, 3.63) is 71.3 Å². The number of benzene rings is 2. The minimum atomic E-state index is -1.57. The second kappa shape index (κ2) is 14.7. The van der Waals surface area contributed by atoms with Crippen molar-refractivity contribution in [2.24, 2.45) is 0 Å². The molecule has 2 aromatic carbocycles. The lowest BCUT2D eigenvalue weighted by molar-refractivity contribution is -0.146. The van der Waals surface area contributed by atoms with Crippen molar-refractivity contribution >= 4 is 23.7 Å². The molecule has 2 rings (SSSR count). The van der Waals surface area contributed by atoms with Gasteiger partial charge >= 0.3 is 11.9 Å². The number of hydrogen-bond donors (Lipinski definition) is 3. The van der Waals surface area contributed by atoms with Crippen molar-refractivity contribution in [3.63, 3.8) is 0 Å². The molecule has 2 atom stereocenters. The summed E-state index contributed by atoms with van der Waals surface area (Å²) in [6, 6.07) is 18.1. The van der Waals surface area contributed by atoms with E-state index in [1.165, 1.54) is 43.0 Å². The van der Waals surface area contributed by atoms with E-state index in [-0.39, 0.29) is 12.2 Å². The second-order valence-electron chi connectivity index (χ2n) is 8.02. The molecule has 0 fully saturated rings. The maximum Gasteiger partial charge on any atom is 0.334 e. The van der Waals surface area contributed by atoms with Gasteiger partial charge in [-0.15, -0.1) is 11.8 Å². The topological polar surface area (TPSA) is 94.8 Å². The van der Waals surface area contributed by atoms with Gasteiger partial charge in [0.05, 0.1) is 11.7 Å². The van der Waals surface area contributed by atoms with Gasteiger partial charge < -0.3 is 15.3 Å². The number of carbonyl (C=O) groups is 2. The molecule has 0 saturated heterocycles. The van der Waals surface area contributed by atoms with Crippen LogP contribution >= 0.6 is 11.8 Å². The number of aryl methyl sites for hydroxylation is 2. The molecule has 0 aliphatic carbocycles. The van der Waals surface area contributed by atoms with Crippen molar-refractivity contribution < 1.29 is 24.9 Å². The summed E-state index contributed by atoms with van der Waals surface area (Å²) < 4.78 is 0. The van der Waals surface area contributed by atoms with Gasteiger partial charge in [-0.05, 0) is 42.4 Å². The highest BCUT2D eigenvalue weighted by molar-refractivity contribution is 7.99. The van der Waals surface area contributed by atoms with Crippen molar-refractivity contribution in [1.29, 1.82) is 0 Å². The molecule has 0 radical (unpaired) electrons. The summed E-state index contributed by atoms with van der Waals surface area (Å²) in [7, 11) is 0. The fourth-order valence-corrected chi connectivity index (χ4v) is 5.04. The van der Waals surface area contributed by atoms with Crippen LogP contribution in [0.15, 0.2) is 54.6 Å². The third kappa shape index (κ3) is 9.45. The van der Waals surface area contributed by atoms with Crippen LogP contribution < -0.4 is 0 Å². The first kappa shape index (κ1) is 25.9. The van der Waals surface area contributed by atoms with Crippen molar-refractivity contribution in [3.8, 4) is 0 Å². The van der Waals surface area contributed by atoms with Crippen LogP contribution in [-0.4, -0.2) is 39.1 Å². The fourth-order valence-electron chi connectivity index (χ4n) is 3.79. The quantitative estimate of drug-likeness (QED) is 0.287. The number of aliphatic hydroxyl groups excluding tert-OH is 1. The van der Waals surface area contributed by atoms with E-state index >= 15 is 0 Å². The van der Waals surface area contributed by atoms with E-state index < -0.39 is 23.3 Å². The third-order valence-electron chi connectivity index (χ3n) is 5.52. The first-order valence-corrected chi connectivity index (χ1v) is 12.4. The first-order chi connectivity index (χ1) is 15.5. The van der Waals surface area contributed by atoms with Crippen molar-refractivity contribution in [1.82, 2.24) is 0 Å². The van der Waals surface area contributed by atoms with Crippen molar-refractivity contribution in [2.45, 2.75) is 69.1 Å². The summed E-state index contributed by atoms with van der Waals surface area (Å²) in [6.07, 6.45) is 7.23. The molecule has 0 aliphatic heterocycles. The molecule has 0 aromatic heterocycles. The van der Waals surface area contributed by atoms with Crippen LogP contribution in [0.2, 0.25) is 0 Å². The fraction of sp³-hybridized carbons (Fsp3) is 0.462. The largest absolute Gasteiger partial charge is 0.481 e. The van der Waals surface area contributed by atoms with Crippen LogP contribution in [0.25, 0.3) is 0 Å². The lowest BCUT2D eigenvalue weighted by Gasteiger charge is -2.22. The number of hydrogen-bond acceptors (Lipinski definition) is 4. The lowest BCUT2D eigenvalue weighted by atomic mass is 9.96. The highest BCUT2D eigenvalue weighted by Crippen LogP contribution is 2.35. The number of rotatable bonds is 16. The summed E-state index contributed by atoms with van der Waals surface area (Å²) >= 11 is 1.19. The van der Waals surface area contributed by atoms with E-state index in [0.717, 1.165) is 36.8 Å². The molecule has 0 spiro atoms. The summed E-state index contributed by atoms with van der Waals surface area (Å²) in [5, 5.41) is 27.8. The van der Waals surface area contributed by atoms with Crippen LogP contribution in [-0.2, 0) is 22.4 Å². The Morgan fingerprint density at radius 3 is 2.03 bits per heavy atom. The smallest absolute Gasteiger partial charge is 0.334 e. The van der Waals surface area contributed by atoms with E-state index in [9.17, 15) is 19.8 Å². The zero-order valence-electron chi connectivity index (χ0n) is 18.5. The Kier molecular flexibility index (Phi) is 11.9. The number of aliphatic hydroxyl groups is 1. The van der Waals surface area contributed by atoms with E-state index in [2.05, 4.69) is 24.3 Å². The minimum absolute atomic E-state index is 0.0695. The van der Waals surface area contributed by atoms with Gasteiger partial charge in [-0.2, -0.15) is 0 Å². The van der Waals surface area contributed by atoms with Crippen LogP contribution in [0.5, 0.6) is 0 Å². The molecule has 6 heteroatoms. The Morgan fingerprint density at radius 2 is 1.38 bits per heavy atom. The Balaban J connectivity index is 1.80. The SMILES string of the molecule is O=C(O)CCS[C@@H](c1ccccc1CCCCCCCCc1ccccc1)C(O)C(=O)O. The number of thioether (sulfide) groups is 1. The van der Waals surface area contributed by atoms with Gasteiger partial charge in [0, 0.05) is 5.75 Å². The molecule has 0 heterocycles. The van der Waals surface area contributed by atoms with Gasteiger partial charge in [-0.25, -0.2) is 4.79 Å². The predicted octanol–water partition coefficient (Wildman–Crippen LogP) is 5.51. The molecule has 0 amide bonds. The number of carboxylic acids is 2. The van der Waals surface area contributed by atoms with Crippen molar-refractivity contribution in [2.75, 3.05) is 5.75 Å². The molecular formula is C26H34O5S. The Morgan fingerprint density at radius 1 is 0.781 bits per heavy atom. The van der Waals surface area contributed by atoms with E-state index in [1.54, 1.807) is 0 Å². The monoisotopic (exact) mass is 458 g/mol. The molecule has 174 valence electrons. The van der Waals surface area contributed by atoms with E-state index in [0.29, 0.717) is 0 Å². The van der Waals surface area contributed by atoms with Crippen LogP contribution in [0, 0.1) is 0 Å². The Hall–Kier alpha value is -2.31. The molecule has 0 bridgehead atoms. The highest BCUT2D eigenvalue weighted by atomic mass is 32.2. The maximum absolute atomic E-state index is 11.4. The van der Waals surface area contributed by atoms with Gasteiger partial charge in [0.2, 0.25) is 0 Å². The molecule has 32 heavy (non-hydrogen) atoms. The van der Waals surface area contributed by atoms with E-state index in [1.807, 2.05) is 30.3 Å². The van der Waals surface area contributed by atoms with Gasteiger partial charge in [0.25, 0.3) is 0 Å².